The molecular formula is C21H25NO4. The van der Waals surface area contributed by atoms with Gasteiger partial charge in [0.25, 0.3) is 5.91 Å². The Balaban J connectivity index is 2.05. The van der Waals surface area contributed by atoms with Gasteiger partial charge in [0.1, 0.15) is 18.4 Å². The topological polar surface area (TPSA) is 64.6 Å². The summed E-state index contributed by atoms with van der Waals surface area (Å²) in [5.41, 5.74) is 2.18. The van der Waals surface area contributed by atoms with E-state index >= 15 is 0 Å². The Morgan fingerprint density at radius 1 is 1.04 bits per heavy atom. The highest BCUT2D eigenvalue weighted by Crippen LogP contribution is 2.19. The van der Waals surface area contributed by atoms with Gasteiger partial charge in [-0.2, -0.15) is 0 Å². The molecule has 1 N–H and O–H groups in total. The summed E-state index contributed by atoms with van der Waals surface area (Å²) >= 11 is 0. The fourth-order valence-corrected chi connectivity index (χ4v) is 2.61. The second-order valence-corrected chi connectivity index (χ2v) is 6.43. The first-order valence-electron chi connectivity index (χ1n) is 8.59. The Morgan fingerprint density at radius 2 is 1.69 bits per heavy atom. The Hall–Kier alpha value is -2.82. The first-order valence-corrected chi connectivity index (χ1v) is 8.59. The van der Waals surface area contributed by atoms with E-state index in [0.29, 0.717) is 11.3 Å². The molecule has 0 aliphatic heterocycles. The molecule has 0 aromatic heterocycles. The summed E-state index contributed by atoms with van der Waals surface area (Å²) in [6.45, 7) is 5.69. The van der Waals surface area contributed by atoms with Gasteiger partial charge in [-0.25, -0.2) is 4.79 Å². The van der Waals surface area contributed by atoms with Crippen LogP contribution in [0, 0.1) is 12.8 Å². The van der Waals surface area contributed by atoms with Crippen LogP contribution in [-0.2, 0) is 16.1 Å². The molecule has 0 aliphatic carbocycles. The number of amides is 1. The molecule has 0 saturated carbocycles. The number of para-hydroxylation sites is 1. The van der Waals surface area contributed by atoms with Gasteiger partial charge in [0.05, 0.1) is 7.11 Å². The third-order valence-corrected chi connectivity index (χ3v) is 4.16. The van der Waals surface area contributed by atoms with Crippen LogP contribution in [0.4, 0.5) is 0 Å². The molecule has 2 aromatic rings. The first-order chi connectivity index (χ1) is 12.4. The molecule has 0 fully saturated rings. The van der Waals surface area contributed by atoms with Gasteiger partial charge < -0.3 is 14.8 Å². The predicted octanol–water partition coefficient (Wildman–Crippen LogP) is 3.50. The summed E-state index contributed by atoms with van der Waals surface area (Å²) in [4.78, 5) is 25.1. The fraction of sp³-hybridized carbons (Fsp3) is 0.333. The van der Waals surface area contributed by atoms with Crippen LogP contribution in [0.1, 0.15) is 35.3 Å². The predicted molar refractivity (Wildman–Crippen MR) is 100 cm³/mol. The maximum atomic E-state index is 12.5. The summed E-state index contributed by atoms with van der Waals surface area (Å²) in [6.07, 6.45) is 0. The number of carbonyl (C=O) groups is 2. The van der Waals surface area contributed by atoms with E-state index in [2.05, 4.69) is 5.32 Å². The van der Waals surface area contributed by atoms with Crippen LogP contribution in [0.25, 0.3) is 0 Å². The number of carbonyl (C=O) groups excluding carboxylic acids is 2. The van der Waals surface area contributed by atoms with Crippen molar-refractivity contribution in [2.75, 3.05) is 7.11 Å². The van der Waals surface area contributed by atoms with Gasteiger partial charge in [-0.3, -0.25) is 4.79 Å². The molecule has 0 bridgehead atoms. The summed E-state index contributed by atoms with van der Waals surface area (Å²) in [6, 6.07) is 13.9. The van der Waals surface area contributed by atoms with Crippen molar-refractivity contribution in [2.24, 2.45) is 5.92 Å². The number of hydrogen-bond donors (Lipinski definition) is 1. The molecule has 5 nitrogen and oxygen atoms in total. The summed E-state index contributed by atoms with van der Waals surface area (Å²) < 4.78 is 10.7. The molecular weight excluding hydrogens is 330 g/mol. The third kappa shape index (κ3) is 4.85. The van der Waals surface area contributed by atoms with Gasteiger partial charge >= 0.3 is 5.97 Å². The van der Waals surface area contributed by atoms with Gasteiger partial charge in [-0.05, 0) is 30.5 Å². The minimum absolute atomic E-state index is 0.0896. The zero-order valence-electron chi connectivity index (χ0n) is 15.6. The van der Waals surface area contributed by atoms with Crippen LogP contribution >= 0.6 is 0 Å². The Labute approximate surface area is 154 Å². The van der Waals surface area contributed by atoms with Gasteiger partial charge in [0.15, 0.2) is 0 Å². The van der Waals surface area contributed by atoms with Crippen molar-refractivity contribution < 1.29 is 19.1 Å². The van der Waals surface area contributed by atoms with E-state index < -0.39 is 12.0 Å². The molecule has 0 aliphatic rings. The van der Waals surface area contributed by atoms with Crippen LogP contribution in [0.3, 0.4) is 0 Å². The second-order valence-electron chi connectivity index (χ2n) is 6.43. The average Bonchev–Trinajstić information content (AvgIpc) is 2.64. The number of methoxy groups -OCH3 is 1. The lowest BCUT2D eigenvalue weighted by Crippen LogP contribution is -2.45. The summed E-state index contributed by atoms with van der Waals surface area (Å²) in [7, 11) is 1.57. The van der Waals surface area contributed by atoms with E-state index in [9.17, 15) is 9.59 Å². The minimum Gasteiger partial charge on any atom is -0.496 e. The lowest BCUT2D eigenvalue weighted by Gasteiger charge is -2.21. The average molecular weight is 355 g/mol. The van der Waals surface area contributed by atoms with Crippen molar-refractivity contribution >= 4 is 11.9 Å². The number of nitrogens with one attached hydrogen (secondary N) is 1. The van der Waals surface area contributed by atoms with E-state index in [-0.39, 0.29) is 18.4 Å². The normalized spacial score (nSPS) is 11.7. The van der Waals surface area contributed by atoms with Crippen molar-refractivity contribution in [1.29, 1.82) is 0 Å². The van der Waals surface area contributed by atoms with Gasteiger partial charge in [0, 0.05) is 11.1 Å². The number of aryl methyl sites for hydroxylation is 1. The van der Waals surface area contributed by atoms with Gasteiger partial charge in [0.2, 0.25) is 0 Å². The number of esters is 1. The Bertz CT molecular complexity index is 770. The van der Waals surface area contributed by atoms with Crippen molar-refractivity contribution in [3.8, 4) is 5.75 Å². The highest BCUT2D eigenvalue weighted by Gasteiger charge is 2.26. The van der Waals surface area contributed by atoms with E-state index in [0.717, 1.165) is 11.1 Å². The van der Waals surface area contributed by atoms with Crippen LogP contribution in [-0.4, -0.2) is 25.0 Å². The largest absolute Gasteiger partial charge is 0.496 e. The molecule has 26 heavy (non-hydrogen) atoms. The highest BCUT2D eigenvalue weighted by molar-refractivity contribution is 5.98. The van der Waals surface area contributed by atoms with Crippen molar-refractivity contribution in [3.05, 3.63) is 65.2 Å². The molecule has 0 radical (unpaired) electrons. The number of ether oxygens (including phenoxy) is 2. The number of rotatable bonds is 7. The zero-order valence-corrected chi connectivity index (χ0v) is 15.6. The summed E-state index contributed by atoms with van der Waals surface area (Å²) in [5, 5.41) is 2.79. The molecule has 1 atom stereocenters. The minimum atomic E-state index is -0.725. The maximum absolute atomic E-state index is 12.5. The van der Waals surface area contributed by atoms with Crippen molar-refractivity contribution in [3.63, 3.8) is 0 Å². The van der Waals surface area contributed by atoms with E-state index in [1.807, 2.05) is 57.2 Å². The Kier molecular flexibility index (Phi) is 6.78. The summed E-state index contributed by atoms with van der Waals surface area (Å²) in [5.74, 6) is -0.192. The molecule has 2 aromatic carbocycles. The third-order valence-electron chi connectivity index (χ3n) is 4.16. The standard InChI is InChI=1S/C21H25NO4/c1-14(2)19(22-20(23)17-11-7-5-9-15(17)3)21(24)26-13-16-10-6-8-12-18(16)25-4/h5-12,14,19H,13H2,1-4H3,(H,22,23). The maximum Gasteiger partial charge on any atom is 0.329 e. The highest BCUT2D eigenvalue weighted by atomic mass is 16.5. The van der Waals surface area contributed by atoms with Crippen molar-refractivity contribution in [1.82, 2.24) is 5.32 Å². The van der Waals surface area contributed by atoms with E-state index in [4.69, 9.17) is 9.47 Å². The Morgan fingerprint density at radius 3 is 2.35 bits per heavy atom. The smallest absolute Gasteiger partial charge is 0.329 e. The van der Waals surface area contributed by atoms with Crippen LogP contribution in [0.5, 0.6) is 5.75 Å². The van der Waals surface area contributed by atoms with Crippen molar-refractivity contribution in [2.45, 2.75) is 33.4 Å². The lowest BCUT2D eigenvalue weighted by molar-refractivity contribution is -0.148. The SMILES string of the molecule is COc1ccccc1COC(=O)C(NC(=O)c1ccccc1C)C(C)C. The quantitative estimate of drug-likeness (QED) is 0.772. The number of benzene rings is 2. The lowest BCUT2D eigenvalue weighted by atomic mass is 10.0. The molecule has 2 rings (SSSR count). The molecule has 1 unspecified atom stereocenters. The molecule has 138 valence electrons. The molecule has 5 heteroatoms. The fourth-order valence-electron chi connectivity index (χ4n) is 2.61. The number of hydrogen-bond acceptors (Lipinski definition) is 4. The molecule has 0 saturated heterocycles. The van der Waals surface area contributed by atoms with Gasteiger partial charge in [-0.15, -0.1) is 0 Å². The zero-order chi connectivity index (χ0) is 19.1. The van der Waals surface area contributed by atoms with Crippen LogP contribution in [0.2, 0.25) is 0 Å². The first kappa shape index (κ1) is 19.5. The molecule has 0 spiro atoms. The van der Waals surface area contributed by atoms with Gasteiger partial charge in [-0.1, -0.05) is 50.2 Å². The van der Waals surface area contributed by atoms with E-state index in [1.165, 1.54) is 0 Å². The molecule has 0 heterocycles. The monoisotopic (exact) mass is 355 g/mol. The van der Waals surface area contributed by atoms with Crippen LogP contribution < -0.4 is 10.1 Å². The second kappa shape index (κ2) is 9.04. The van der Waals surface area contributed by atoms with E-state index in [1.54, 1.807) is 19.2 Å². The van der Waals surface area contributed by atoms with Crippen LogP contribution in [0.15, 0.2) is 48.5 Å². The molecule has 1 amide bonds.